The molecule has 1 atom stereocenters. The molecule has 0 saturated carbocycles. The molecule has 2 aromatic rings. The lowest BCUT2D eigenvalue weighted by atomic mass is 10.0. The predicted molar refractivity (Wildman–Crippen MR) is 94.0 cm³/mol. The number of carbonyl (C=O) groups excluding carboxylic acids is 2. The van der Waals surface area contributed by atoms with Crippen molar-refractivity contribution >= 4 is 23.3 Å². The lowest BCUT2D eigenvalue weighted by Gasteiger charge is -2.18. The van der Waals surface area contributed by atoms with Crippen molar-refractivity contribution in [3.05, 3.63) is 70.7 Å². The molecule has 2 rings (SSSR count). The van der Waals surface area contributed by atoms with E-state index in [0.717, 1.165) is 5.56 Å². The van der Waals surface area contributed by atoms with E-state index in [2.05, 4.69) is 5.32 Å². The summed E-state index contributed by atoms with van der Waals surface area (Å²) >= 11 is 5.79. The van der Waals surface area contributed by atoms with Crippen molar-refractivity contribution in [2.75, 3.05) is 6.61 Å². The lowest BCUT2D eigenvalue weighted by Crippen LogP contribution is -2.29. The molecule has 0 spiro atoms. The van der Waals surface area contributed by atoms with Crippen molar-refractivity contribution in [2.45, 2.75) is 25.3 Å². The minimum Gasteiger partial charge on any atom is -0.396 e. The van der Waals surface area contributed by atoms with Gasteiger partial charge in [-0.05, 0) is 36.2 Å². The van der Waals surface area contributed by atoms with Gasteiger partial charge in [0.05, 0.1) is 6.04 Å². The topological polar surface area (TPSA) is 66.4 Å². The van der Waals surface area contributed by atoms with Gasteiger partial charge in [-0.25, -0.2) is 0 Å². The highest BCUT2D eigenvalue weighted by Gasteiger charge is 2.15. The van der Waals surface area contributed by atoms with Crippen LogP contribution >= 0.6 is 11.6 Å². The SMILES string of the molecule is O=C(CCC(=O)c1ccc(Cl)cc1)NC(CCO)c1ccccc1. The van der Waals surface area contributed by atoms with Crippen LogP contribution in [0.15, 0.2) is 54.6 Å². The average Bonchev–Trinajstić information content (AvgIpc) is 2.60. The van der Waals surface area contributed by atoms with E-state index in [-0.39, 0.29) is 37.2 Å². The normalized spacial score (nSPS) is 11.8. The van der Waals surface area contributed by atoms with Gasteiger partial charge < -0.3 is 10.4 Å². The third-order valence-electron chi connectivity index (χ3n) is 3.70. The zero-order valence-corrected chi connectivity index (χ0v) is 14.0. The summed E-state index contributed by atoms with van der Waals surface area (Å²) in [6.45, 7) is -0.0243. The molecular weight excluding hydrogens is 326 g/mol. The molecule has 0 aliphatic heterocycles. The summed E-state index contributed by atoms with van der Waals surface area (Å²) in [7, 11) is 0. The van der Waals surface area contributed by atoms with E-state index in [1.807, 2.05) is 30.3 Å². The maximum Gasteiger partial charge on any atom is 0.220 e. The summed E-state index contributed by atoms with van der Waals surface area (Å²) in [5, 5.41) is 12.6. The van der Waals surface area contributed by atoms with E-state index in [0.29, 0.717) is 17.0 Å². The van der Waals surface area contributed by atoms with E-state index >= 15 is 0 Å². The number of Topliss-reactive ketones (excluding diaryl/α,β-unsaturated/α-hetero) is 1. The van der Waals surface area contributed by atoms with Crippen LogP contribution in [-0.4, -0.2) is 23.4 Å². The van der Waals surface area contributed by atoms with Crippen molar-refractivity contribution < 1.29 is 14.7 Å². The van der Waals surface area contributed by atoms with E-state index in [1.165, 1.54) is 0 Å². The number of nitrogens with one attached hydrogen (secondary N) is 1. The van der Waals surface area contributed by atoms with Gasteiger partial charge in [0.15, 0.2) is 5.78 Å². The standard InChI is InChI=1S/C19H20ClNO3/c20-16-8-6-15(7-9-16)18(23)10-11-19(24)21-17(12-13-22)14-4-2-1-3-5-14/h1-9,17,22H,10-13H2,(H,21,24). The fourth-order valence-electron chi connectivity index (χ4n) is 2.41. The Morgan fingerprint density at radius 1 is 1.00 bits per heavy atom. The first-order chi connectivity index (χ1) is 11.6. The van der Waals surface area contributed by atoms with Crippen LogP contribution in [0.4, 0.5) is 0 Å². The van der Waals surface area contributed by atoms with Crippen LogP contribution in [0.25, 0.3) is 0 Å². The predicted octanol–water partition coefficient (Wildman–Crippen LogP) is 3.54. The number of rotatable bonds is 8. The van der Waals surface area contributed by atoms with Crippen LogP contribution in [0, 0.1) is 0 Å². The van der Waals surface area contributed by atoms with Gasteiger partial charge in [-0.2, -0.15) is 0 Å². The third-order valence-corrected chi connectivity index (χ3v) is 3.95. The van der Waals surface area contributed by atoms with Crippen LogP contribution in [0.1, 0.15) is 41.2 Å². The van der Waals surface area contributed by atoms with E-state index in [1.54, 1.807) is 24.3 Å². The van der Waals surface area contributed by atoms with Crippen molar-refractivity contribution in [3.63, 3.8) is 0 Å². The van der Waals surface area contributed by atoms with E-state index < -0.39 is 0 Å². The molecule has 2 N–H and O–H groups in total. The van der Waals surface area contributed by atoms with Gasteiger partial charge in [0.2, 0.25) is 5.91 Å². The highest BCUT2D eigenvalue weighted by Crippen LogP contribution is 2.17. The van der Waals surface area contributed by atoms with Gasteiger partial charge in [-0.3, -0.25) is 9.59 Å². The van der Waals surface area contributed by atoms with Crippen LogP contribution < -0.4 is 5.32 Å². The van der Waals surface area contributed by atoms with Gasteiger partial charge in [-0.15, -0.1) is 0 Å². The van der Waals surface area contributed by atoms with Crippen LogP contribution in [-0.2, 0) is 4.79 Å². The minimum atomic E-state index is -0.255. The zero-order chi connectivity index (χ0) is 17.4. The Hall–Kier alpha value is -2.17. The van der Waals surface area contributed by atoms with Gasteiger partial charge in [0.25, 0.3) is 0 Å². The number of aliphatic hydroxyl groups excluding tert-OH is 1. The molecule has 0 fully saturated rings. The van der Waals surface area contributed by atoms with E-state index in [4.69, 9.17) is 11.6 Å². The Morgan fingerprint density at radius 3 is 2.29 bits per heavy atom. The Labute approximate surface area is 146 Å². The Bertz CT molecular complexity index is 671. The number of amides is 1. The van der Waals surface area contributed by atoms with Crippen LogP contribution in [0.5, 0.6) is 0 Å². The van der Waals surface area contributed by atoms with Crippen LogP contribution in [0.3, 0.4) is 0 Å². The number of ketones is 1. The van der Waals surface area contributed by atoms with Crippen molar-refractivity contribution in [1.29, 1.82) is 0 Å². The molecule has 1 unspecified atom stereocenters. The number of benzene rings is 2. The second kappa shape index (κ2) is 9.21. The first-order valence-electron chi connectivity index (χ1n) is 7.84. The fourth-order valence-corrected chi connectivity index (χ4v) is 2.54. The summed E-state index contributed by atoms with van der Waals surface area (Å²) in [6.07, 6.45) is 0.672. The molecule has 5 heteroatoms. The Balaban J connectivity index is 1.89. The van der Waals surface area contributed by atoms with Gasteiger partial charge >= 0.3 is 0 Å². The van der Waals surface area contributed by atoms with Gasteiger partial charge in [0.1, 0.15) is 0 Å². The quantitative estimate of drug-likeness (QED) is 0.719. The van der Waals surface area contributed by atoms with E-state index in [9.17, 15) is 14.7 Å². The summed E-state index contributed by atoms with van der Waals surface area (Å²) in [6, 6.07) is 15.8. The molecule has 0 radical (unpaired) electrons. The molecule has 0 saturated heterocycles. The van der Waals surface area contributed by atoms with Gasteiger partial charge in [0, 0.05) is 30.0 Å². The summed E-state index contributed by atoms with van der Waals surface area (Å²) < 4.78 is 0. The minimum absolute atomic E-state index is 0.0243. The smallest absolute Gasteiger partial charge is 0.220 e. The molecule has 4 nitrogen and oxygen atoms in total. The first kappa shape index (κ1) is 18.2. The molecule has 2 aromatic carbocycles. The number of aliphatic hydroxyl groups is 1. The Kier molecular flexibility index (Phi) is 6.97. The molecule has 24 heavy (non-hydrogen) atoms. The fraction of sp³-hybridized carbons (Fsp3) is 0.263. The third kappa shape index (κ3) is 5.48. The molecule has 0 bridgehead atoms. The number of halogens is 1. The summed E-state index contributed by atoms with van der Waals surface area (Å²) in [5.74, 6) is -0.306. The maximum absolute atomic E-state index is 12.1. The number of hydrogen-bond acceptors (Lipinski definition) is 3. The molecule has 0 aliphatic rings. The first-order valence-corrected chi connectivity index (χ1v) is 8.22. The second-order valence-corrected chi connectivity index (χ2v) is 5.91. The molecule has 126 valence electrons. The van der Waals surface area contributed by atoms with Crippen molar-refractivity contribution in [3.8, 4) is 0 Å². The highest BCUT2D eigenvalue weighted by atomic mass is 35.5. The molecule has 1 amide bonds. The maximum atomic E-state index is 12.1. The zero-order valence-electron chi connectivity index (χ0n) is 13.2. The largest absolute Gasteiger partial charge is 0.396 e. The molecule has 0 aliphatic carbocycles. The highest BCUT2D eigenvalue weighted by molar-refractivity contribution is 6.30. The monoisotopic (exact) mass is 345 g/mol. The molecular formula is C19H20ClNO3. The van der Waals surface area contributed by atoms with Crippen LogP contribution in [0.2, 0.25) is 5.02 Å². The van der Waals surface area contributed by atoms with Crippen molar-refractivity contribution in [2.24, 2.45) is 0 Å². The van der Waals surface area contributed by atoms with Crippen molar-refractivity contribution in [1.82, 2.24) is 5.32 Å². The second-order valence-electron chi connectivity index (χ2n) is 5.47. The molecule has 0 heterocycles. The molecule has 0 aromatic heterocycles. The lowest BCUT2D eigenvalue weighted by molar-refractivity contribution is -0.121. The van der Waals surface area contributed by atoms with Gasteiger partial charge in [-0.1, -0.05) is 41.9 Å². The summed E-state index contributed by atoms with van der Waals surface area (Å²) in [4.78, 5) is 24.2. The Morgan fingerprint density at radius 2 is 1.67 bits per heavy atom. The number of carbonyl (C=O) groups is 2. The number of hydrogen-bond donors (Lipinski definition) is 2. The average molecular weight is 346 g/mol. The summed E-state index contributed by atoms with van der Waals surface area (Å²) in [5.41, 5.74) is 1.48.